The van der Waals surface area contributed by atoms with Crippen molar-refractivity contribution >= 4 is 16.8 Å². The van der Waals surface area contributed by atoms with Crippen molar-refractivity contribution in [1.29, 1.82) is 0 Å². The zero-order valence-electron chi connectivity index (χ0n) is 10.8. The third-order valence-electron chi connectivity index (χ3n) is 2.74. The Labute approximate surface area is 109 Å². The minimum atomic E-state index is -0.673. The van der Waals surface area contributed by atoms with Gasteiger partial charge in [0.2, 0.25) is 5.43 Å². The topological polar surface area (TPSA) is 84.2 Å². The average molecular weight is 261 g/mol. The van der Waals surface area contributed by atoms with E-state index in [4.69, 9.17) is 5.11 Å². The second-order valence-corrected chi connectivity index (χ2v) is 4.38. The predicted molar refractivity (Wildman–Crippen MR) is 71.0 cm³/mol. The summed E-state index contributed by atoms with van der Waals surface area (Å²) in [5.41, 5.74) is 0.0956. The summed E-state index contributed by atoms with van der Waals surface area (Å²) < 4.78 is 1.49. The van der Waals surface area contributed by atoms with Gasteiger partial charge in [0.05, 0.1) is 11.6 Å². The van der Waals surface area contributed by atoms with E-state index in [2.05, 4.69) is 10.4 Å². The number of benzene rings is 1. The fourth-order valence-electron chi connectivity index (χ4n) is 1.80. The van der Waals surface area contributed by atoms with Gasteiger partial charge >= 0.3 is 0 Å². The molecule has 2 aromatic rings. The molecule has 0 saturated carbocycles. The number of fused-ring (bicyclic) bond motifs is 1. The first kappa shape index (κ1) is 13.2. The number of hydrogen-bond acceptors (Lipinski definition) is 4. The number of aliphatic hydroxyl groups is 1. The van der Waals surface area contributed by atoms with Crippen molar-refractivity contribution in [3.63, 3.8) is 0 Å². The molecule has 0 fully saturated rings. The van der Waals surface area contributed by atoms with E-state index in [1.54, 1.807) is 38.2 Å². The largest absolute Gasteiger partial charge is 0.392 e. The van der Waals surface area contributed by atoms with Gasteiger partial charge in [0.1, 0.15) is 0 Å². The predicted octanol–water partition coefficient (Wildman–Crippen LogP) is 0.0441. The second kappa shape index (κ2) is 5.19. The number of hydrogen-bond donors (Lipinski definition) is 2. The van der Waals surface area contributed by atoms with E-state index in [-0.39, 0.29) is 12.2 Å². The Bertz CT molecular complexity index is 676. The quantitative estimate of drug-likeness (QED) is 0.817. The van der Waals surface area contributed by atoms with E-state index in [0.29, 0.717) is 10.9 Å². The van der Waals surface area contributed by atoms with Crippen LogP contribution in [-0.2, 0) is 7.05 Å². The monoisotopic (exact) mass is 261 g/mol. The Morgan fingerprint density at radius 1 is 1.47 bits per heavy atom. The van der Waals surface area contributed by atoms with Gasteiger partial charge in [-0.05, 0) is 19.1 Å². The van der Waals surface area contributed by atoms with Gasteiger partial charge in [-0.3, -0.25) is 14.3 Å². The van der Waals surface area contributed by atoms with Crippen LogP contribution in [0, 0.1) is 0 Å². The molecule has 6 nitrogen and oxygen atoms in total. The van der Waals surface area contributed by atoms with E-state index in [9.17, 15) is 9.59 Å². The van der Waals surface area contributed by atoms with Crippen molar-refractivity contribution < 1.29 is 9.90 Å². The SMILES string of the molecule is CC(O)CNC(=O)c1nn(C)c2ccccc2c1=O. The lowest BCUT2D eigenvalue weighted by molar-refractivity contribution is 0.0916. The lowest BCUT2D eigenvalue weighted by Crippen LogP contribution is -2.35. The van der Waals surface area contributed by atoms with E-state index in [0.717, 1.165) is 0 Å². The number of nitrogens with zero attached hydrogens (tertiary/aromatic N) is 2. The van der Waals surface area contributed by atoms with E-state index in [1.807, 2.05) is 0 Å². The molecule has 2 N–H and O–H groups in total. The first-order chi connectivity index (χ1) is 9.00. The molecule has 1 aromatic carbocycles. The molecule has 2 rings (SSSR count). The molecule has 100 valence electrons. The Hall–Kier alpha value is -2.21. The molecule has 6 heteroatoms. The molecule has 1 unspecified atom stereocenters. The Morgan fingerprint density at radius 3 is 2.84 bits per heavy atom. The Balaban J connectivity index is 2.47. The molecule has 1 aromatic heterocycles. The van der Waals surface area contributed by atoms with Crippen LogP contribution in [0.4, 0.5) is 0 Å². The van der Waals surface area contributed by atoms with Crippen LogP contribution in [0.3, 0.4) is 0 Å². The fraction of sp³-hybridized carbons (Fsp3) is 0.308. The molecule has 1 heterocycles. The number of carbonyl (C=O) groups excluding carboxylic acids is 1. The summed E-state index contributed by atoms with van der Waals surface area (Å²) in [6, 6.07) is 6.96. The van der Waals surface area contributed by atoms with Gasteiger partial charge in [-0.15, -0.1) is 0 Å². The Kier molecular flexibility index (Phi) is 3.62. The van der Waals surface area contributed by atoms with Crippen LogP contribution in [0.15, 0.2) is 29.1 Å². The molecular weight excluding hydrogens is 246 g/mol. The molecule has 0 aliphatic carbocycles. The lowest BCUT2D eigenvalue weighted by atomic mass is 10.2. The zero-order chi connectivity index (χ0) is 14.0. The minimum absolute atomic E-state index is 0.0799. The van der Waals surface area contributed by atoms with Gasteiger partial charge in [0, 0.05) is 19.0 Å². The molecule has 1 atom stereocenters. The van der Waals surface area contributed by atoms with Crippen LogP contribution in [0.5, 0.6) is 0 Å². The normalized spacial score (nSPS) is 12.4. The molecule has 19 heavy (non-hydrogen) atoms. The van der Waals surface area contributed by atoms with Crippen LogP contribution in [-0.4, -0.2) is 33.4 Å². The number of nitrogens with one attached hydrogen (secondary N) is 1. The third-order valence-corrected chi connectivity index (χ3v) is 2.74. The summed E-state index contributed by atoms with van der Waals surface area (Å²) in [4.78, 5) is 24.0. The third kappa shape index (κ3) is 2.63. The van der Waals surface area contributed by atoms with Gasteiger partial charge in [0.15, 0.2) is 5.69 Å². The highest BCUT2D eigenvalue weighted by molar-refractivity contribution is 5.95. The fourth-order valence-corrected chi connectivity index (χ4v) is 1.80. The molecule has 1 amide bonds. The number of aliphatic hydroxyl groups excluding tert-OH is 1. The lowest BCUT2D eigenvalue weighted by Gasteiger charge is -2.09. The van der Waals surface area contributed by atoms with Crippen molar-refractivity contribution in [2.45, 2.75) is 13.0 Å². The van der Waals surface area contributed by atoms with Crippen molar-refractivity contribution in [2.24, 2.45) is 7.05 Å². The summed E-state index contributed by atoms with van der Waals surface area (Å²) in [6.07, 6.45) is -0.673. The highest BCUT2D eigenvalue weighted by Gasteiger charge is 2.16. The van der Waals surface area contributed by atoms with Gasteiger partial charge < -0.3 is 10.4 Å². The van der Waals surface area contributed by atoms with Gasteiger partial charge in [0.25, 0.3) is 5.91 Å². The summed E-state index contributed by atoms with van der Waals surface area (Å²) in [6.45, 7) is 1.63. The second-order valence-electron chi connectivity index (χ2n) is 4.38. The number of para-hydroxylation sites is 1. The summed E-state index contributed by atoms with van der Waals surface area (Å²) >= 11 is 0. The van der Waals surface area contributed by atoms with Crippen LogP contribution >= 0.6 is 0 Å². The summed E-state index contributed by atoms with van der Waals surface area (Å²) in [7, 11) is 1.67. The number of amides is 1. The number of aryl methyl sites for hydroxylation is 1. The number of rotatable bonds is 3. The highest BCUT2D eigenvalue weighted by atomic mass is 16.3. The average Bonchev–Trinajstić information content (AvgIpc) is 2.40. The molecule has 0 bridgehead atoms. The maximum Gasteiger partial charge on any atom is 0.275 e. The summed E-state index contributed by atoms with van der Waals surface area (Å²) in [5.74, 6) is -0.577. The van der Waals surface area contributed by atoms with Gasteiger partial charge in [-0.1, -0.05) is 12.1 Å². The maximum atomic E-state index is 12.2. The summed E-state index contributed by atoms with van der Waals surface area (Å²) in [5, 5.41) is 16.0. The number of aromatic nitrogens is 2. The molecule has 0 saturated heterocycles. The van der Waals surface area contributed by atoms with E-state index < -0.39 is 17.4 Å². The van der Waals surface area contributed by atoms with E-state index in [1.165, 1.54) is 4.68 Å². The van der Waals surface area contributed by atoms with Crippen molar-refractivity contribution in [3.8, 4) is 0 Å². The minimum Gasteiger partial charge on any atom is -0.392 e. The van der Waals surface area contributed by atoms with Crippen LogP contribution in [0.1, 0.15) is 17.4 Å². The van der Waals surface area contributed by atoms with E-state index >= 15 is 0 Å². The first-order valence-corrected chi connectivity index (χ1v) is 5.93. The molecular formula is C13H15N3O3. The molecule has 0 spiro atoms. The van der Waals surface area contributed by atoms with Crippen LogP contribution in [0.2, 0.25) is 0 Å². The standard InChI is InChI=1S/C13H15N3O3/c1-8(17)7-14-13(19)11-12(18)9-5-3-4-6-10(9)16(2)15-11/h3-6,8,17H,7H2,1-2H3,(H,14,19). The van der Waals surface area contributed by atoms with Crippen molar-refractivity contribution in [1.82, 2.24) is 15.1 Å². The number of carbonyl (C=O) groups is 1. The highest BCUT2D eigenvalue weighted by Crippen LogP contribution is 2.07. The first-order valence-electron chi connectivity index (χ1n) is 5.93. The van der Waals surface area contributed by atoms with Crippen LogP contribution < -0.4 is 10.7 Å². The van der Waals surface area contributed by atoms with Gasteiger partial charge in [-0.25, -0.2) is 0 Å². The van der Waals surface area contributed by atoms with Crippen LogP contribution in [0.25, 0.3) is 10.9 Å². The Morgan fingerprint density at radius 2 is 2.16 bits per heavy atom. The molecule has 0 radical (unpaired) electrons. The molecule has 0 aliphatic rings. The van der Waals surface area contributed by atoms with Crippen molar-refractivity contribution in [2.75, 3.05) is 6.54 Å². The van der Waals surface area contributed by atoms with Gasteiger partial charge in [-0.2, -0.15) is 5.10 Å². The smallest absolute Gasteiger partial charge is 0.275 e. The zero-order valence-corrected chi connectivity index (χ0v) is 10.8. The van der Waals surface area contributed by atoms with Crippen molar-refractivity contribution in [3.05, 3.63) is 40.2 Å². The molecule has 0 aliphatic heterocycles. The maximum absolute atomic E-state index is 12.2.